The highest BCUT2D eigenvalue weighted by atomic mass is 35.5. The second kappa shape index (κ2) is 6.23. The van der Waals surface area contributed by atoms with E-state index in [9.17, 15) is 10.1 Å². The van der Waals surface area contributed by atoms with Gasteiger partial charge in [0.15, 0.2) is 5.78 Å². The highest BCUT2D eigenvalue weighted by Gasteiger charge is 2.21. The Hall–Kier alpha value is -2.31. The molecule has 0 aliphatic heterocycles. The maximum atomic E-state index is 12.4. The molecule has 0 radical (unpaired) electrons. The number of ketones is 1. The van der Waals surface area contributed by atoms with E-state index in [1.807, 2.05) is 6.07 Å². The molecule has 0 saturated heterocycles. The Bertz CT molecular complexity index is 659. The van der Waals surface area contributed by atoms with Crippen molar-refractivity contribution in [3.63, 3.8) is 0 Å². The number of methoxy groups -OCH3 is 1. The van der Waals surface area contributed by atoms with Gasteiger partial charge in [0.1, 0.15) is 11.7 Å². The van der Waals surface area contributed by atoms with Crippen molar-refractivity contribution in [1.29, 1.82) is 5.26 Å². The van der Waals surface area contributed by atoms with Gasteiger partial charge >= 0.3 is 0 Å². The lowest BCUT2D eigenvalue weighted by Gasteiger charge is -2.09. The summed E-state index contributed by atoms with van der Waals surface area (Å²) in [5, 5.41) is 9.75. The van der Waals surface area contributed by atoms with E-state index < -0.39 is 5.92 Å². The molecule has 0 fully saturated rings. The van der Waals surface area contributed by atoms with E-state index in [1.54, 1.807) is 55.6 Å². The van der Waals surface area contributed by atoms with Crippen LogP contribution < -0.4 is 4.74 Å². The van der Waals surface area contributed by atoms with Crippen molar-refractivity contribution in [2.75, 3.05) is 7.11 Å². The standard InChI is InChI=1S/C16H12ClNO2/c1-20-14-7-5-11(6-8-14)15(10-18)16(19)12-3-2-4-13(17)9-12/h2-9,15H,1H3. The average Bonchev–Trinajstić information content (AvgIpc) is 2.48. The summed E-state index contributed by atoms with van der Waals surface area (Å²) in [6.07, 6.45) is 0. The molecule has 1 unspecified atom stereocenters. The Morgan fingerprint density at radius 1 is 1.25 bits per heavy atom. The van der Waals surface area contributed by atoms with Gasteiger partial charge in [0.2, 0.25) is 0 Å². The van der Waals surface area contributed by atoms with Crippen LogP contribution in [0.5, 0.6) is 5.75 Å². The van der Waals surface area contributed by atoms with Crippen LogP contribution in [0.15, 0.2) is 48.5 Å². The van der Waals surface area contributed by atoms with Gasteiger partial charge in [-0.2, -0.15) is 5.26 Å². The van der Waals surface area contributed by atoms with E-state index in [-0.39, 0.29) is 5.78 Å². The molecule has 0 aliphatic carbocycles. The number of carbonyl (C=O) groups is 1. The third-order valence-electron chi connectivity index (χ3n) is 2.95. The number of hydrogen-bond acceptors (Lipinski definition) is 3. The number of rotatable bonds is 4. The zero-order valence-corrected chi connectivity index (χ0v) is 11.6. The Labute approximate surface area is 122 Å². The molecular weight excluding hydrogens is 274 g/mol. The summed E-state index contributed by atoms with van der Waals surface area (Å²) in [5.74, 6) is -0.430. The van der Waals surface area contributed by atoms with Crippen LogP contribution in [0.25, 0.3) is 0 Å². The molecule has 100 valence electrons. The van der Waals surface area contributed by atoms with Crippen molar-refractivity contribution < 1.29 is 9.53 Å². The molecule has 0 aromatic heterocycles. The fourth-order valence-electron chi connectivity index (χ4n) is 1.89. The molecule has 2 aromatic rings. The van der Waals surface area contributed by atoms with Crippen molar-refractivity contribution in [3.8, 4) is 11.8 Å². The summed E-state index contributed by atoms with van der Waals surface area (Å²) in [6.45, 7) is 0. The lowest BCUT2D eigenvalue weighted by atomic mass is 9.92. The van der Waals surface area contributed by atoms with E-state index in [2.05, 4.69) is 0 Å². The molecule has 0 bridgehead atoms. The van der Waals surface area contributed by atoms with Crippen molar-refractivity contribution in [2.24, 2.45) is 0 Å². The number of carbonyl (C=O) groups excluding carboxylic acids is 1. The topological polar surface area (TPSA) is 50.1 Å². The number of Topliss-reactive ketones (excluding diaryl/α,β-unsaturated/α-hetero) is 1. The number of nitriles is 1. The lowest BCUT2D eigenvalue weighted by molar-refractivity contribution is 0.0979. The lowest BCUT2D eigenvalue weighted by Crippen LogP contribution is -2.11. The summed E-state index contributed by atoms with van der Waals surface area (Å²) < 4.78 is 5.06. The van der Waals surface area contributed by atoms with Gasteiger partial charge in [-0.25, -0.2) is 0 Å². The van der Waals surface area contributed by atoms with Crippen molar-refractivity contribution in [3.05, 3.63) is 64.7 Å². The zero-order chi connectivity index (χ0) is 14.5. The van der Waals surface area contributed by atoms with Crippen LogP contribution in [0.2, 0.25) is 5.02 Å². The van der Waals surface area contributed by atoms with Gasteiger partial charge in [-0.3, -0.25) is 4.79 Å². The third kappa shape index (κ3) is 2.98. The van der Waals surface area contributed by atoms with Crippen LogP contribution in [0, 0.1) is 11.3 Å². The molecule has 20 heavy (non-hydrogen) atoms. The first-order valence-corrected chi connectivity index (χ1v) is 6.37. The number of hydrogen-bond donors (Lipinski definition) is 0. The minimum atomic E-state index is -0.848. The number of halogens is 1. The summed E-state index contributed by atoms with van der Waals surface area (Å²) in [5.41, 5.74) is 1.07. The minimum absolute atomic E-state index is 0.264. The first kappa shape index (κ1) is 14.1. The Morgan fingerprint density at radius 2 is 1.95 bits per heavy atom. The van der Waals surface area contributed by atoms with Crippen molar-refractivity contribution >= 4 is 17.4 Å². The van der Waals surface area contributed by atoms with Gasteiger partial charge in [-0.15, -0.1) is 0 Å². The minimum Gasteiger partial charge on any atom is -0.497 e. The van der Waals surface area contributed by atoms with Crippen LogP contribution in [0.1, 0.15) is 21.8 Å². The Balaban J connectivity index is 2.32. The smallest absolute Gasteiger partial charge is 0.184 e. The molecule has 2 rings (SSSR count). The molecule has 0 spiro atoms. The fourth-order valence-corrected chi connectivity index (χ4v) is 2.08. The van der Waals surface area contributed by atoms with Crippen LogP contribution in [-0.2, 0) is 0 Å². The maximum absolute atomic E-state index is 12.4. The Kier molecular flexibility index (Phi) is 4.39. The molecule has 0 saturated carbocycles. The number of nitrogens with zero attached hydrogens (tertiary/aromatic N) is 1. The molecule has 0 amide bonds. The summed E-state index contributed by atoms with van der Waals surface area (Å²) in [7, 11) is 1.56. The van der Waals surface area contributed by atoms with Crippen LogP contribution >= 0.6 is 11.6 Å². The molecule has 2 aromatic carbocycles. The quantitative estimate of drug-likeness (QED) is 0.802. The van der Waals surface area contributed by atoms with Crippen LogP contribution in [0.3, 0.4) is 0 Å². The molecule has 3 nitrogen and oxygen atoms in total. The van der Waals surface area contributed by atoms with E-state index in [1.165, 1.54) is 0 Å². The van der Waals surface area contributed by atoms with E-state index in [0.29, 0.717) is 21.9 Å². The second-order valence-electron chi connectivity index (χ2n) is 4.21. The molecule has 4 heteroatoms. The molecule has 0 aliphatic rings. The maximum Gasteiger partial charge on any atom is 0.184 e. The van der Waals surface area contributed by atoms with Crippen molar-refractivity contribution in [1.82, 2.24) is 0 Å². The monoisotopic (exact) mass is 285 g/mol. The third-order valence-corrected chi connectivity index (χ3v) is 3.18. The normalized spacial score (nSPS) is 11.4. The fraction of sp³-hybridized carbons (Fsp3) is 0.125. The highest BCUT2D eigenvalue weighted by Crippen LogP contribution is 2.24. The van der Waals surface area contributed by atoms with Crippen molar-refractivity contribution in [2.45, 2.75) is 5.92 Å². The number of benzene rings is 2. The van der Waals surface area contributed by atoms with Gasteiger partial charge in [0.05, 0.1) is 13.2 Å². The van der Waals surface area contributed by atoms with Gasteiger partial charge < -0.3 is 4.74 Å². The zero-order valence-electron chi connectivity index (χ0n) is 10.8. The number of ether oxygens (including phenoxy) is 1. The second-order valence-corrected chi connectivity index (χ2v) is 4.65. The largest absolute Gasteiger partial charge is 0.497 e. The summed E-state index contributed by atoms with van der Waals surface area (Å²) in [6, 6.07) is 15.5. The van der Waals surface area contributed by atoms with Gasteiger partial charge in [-0.1, -0.05) is 35.9 Å². The predicted molar refractivity (Wildman–Crippen MR) is 77.1 cm³/mol. The summed E-state index contributed by atoms with van der Waals surface area (Å²) >= 11 is 5.87. The molecule has 0 heterocycles. The van der Waals surface area contributed by atoms with E-state index in [0.717, 1.165) is 0 Å². The van der Waals surface area contributed by atoms with E-state index in [4.69, 9.17) is 16.3 Å². The van der Waals surface area contributed by atoms with Gasteiger partial charge in [-0.05, 0) is 29.8 Å². The molecular formula is C16H12ClNO2. The highest BCUT2D eigenvalue weighted by molar-refractivity contribution is 6.31. The SMILES string of the molecule is COc1ccc(C(C#N)C(=O)c2cccc(Cl)c2)cc1. The molecule has 0 N–H and O–H groups in total. The first-order valence-electron chi connectivity index (χ1n) is 5.99. The first-order chi connectivity index (χ1) is 9.65. The molecule has 1 atom stereocenters. The predicted octanol–water partition coefficient (Wildman–Crippen LogP) is 3.84. The van der Waals surface area contributed by atoms with Crippen LogP contribution in [-0.4, -0.2) is 12.9 Å². The Morgan fingerprint density at radius 3 is 2.50 bits per heavy atom. The average molecular weight is 286 g/mol. The summed E-state index contributed by atoms with van der Waals surface area (Å²) in [4.78, 5) is 12.4. The van der Waals surface area contributed by atoms with Crippen LogP contribution in [0.4, 0.5) is 0 Å². The van der Waals surface area contributed by atoms with E-state index >= 15 is 0 Å². The van der Waals surface area contributed by atoms with Gasteiger partial charge in [0, 0.05) is 10.6 Å². The van der Waals surface area contributed by atoms with Gasteiger partial charge in [0.25, 0.3) is 0 Å².